The Labute approximate surface area is 223 Å². The van der Waals surface area contributed by atoms with E-state index in [9.17, 15) is 4.79 Å². The zero-order valence-electron chi connectivity index (χ0n) is 21.2. The summed E-state index contributed by atoms with van der Waals surface area (Å²) in [4.78, 5) is 14.0. The van der Waals surface area contributed by atoms with Gasteiger partial charge in [-0.1, -0.05) is 18.2 Å². The normalized spacial score (nSPS) is 10.8. The fourth-order valence-corrected chi connectivity index (χ4v) is 4.88. The molecule has 0 saturated heterocycles. The highest BCUT2D eigenvalue weighted by Crippen LogP contribution is 2.40. The highest BCUT2D eigenvalue weighted by Gasteiger charge is 2.16. The lowest BCUT2D eigenvalue weighted by Crippen LogP contribution is -2.12. The minimum Gasteiger partial charge on any atom is -0.493 e. The number of amides is 1. The first-order valence-electron chi connectivity index (χ1n) is 11.8. The monoisotopic (exact) mass is 529 g/mol. The van der Waals surface area contributed by atoms with E-state index in [1.807, 2.05) is 60.0 Å². The van der Waals surface area contributed by atoms with Crippen molar-refractivity contribution in [1.29, 1.82) is 0 Å². The van der Waals surface area contributed by atoms with Crippen molar-refractivity contribution < 1.29 is 23.4 Å². The van der Waals surface area contributed by atoms with Gasteiger partial charge in [-0.2, -0.15) is 0 Å². The van der Waals surface area contributed by atoms with Gasteiger partial charge in [0.1, 0.15) is 5.58 Å². The predicted molar refractivity (Wildman–Crippen MR) is 152 cm³/mol. The van der Waals surface area contributed by atoms with E-state index in [4.69, 9.17) is 24.4 Å². The molecule has 0 saturated carbocycles. The highest BCUT2D eigenvalue weighted by molar-refractivity contribution is 7.13. The molecule has 0 unspecified atom stereocenters. The Morgan fingerprint density at radius 1 is 0.947 bits per heavy atom. The molecule has 0 bridgehead atoms. The zero-order valence-corrected chi connectivity index (χ0v) is 22.0. The maximum Gasteiger partial charge on any atom is 0.291 e. The molecule has 8 nitrogen and oxygen atoms in total. The molecular weight excluding hydrogens is 502 g/mol. The summed E-state index contributed by atoms with van der Waals surface area (Å²) in [6.07, 6.45) is 0. The number of hydrogen-bond acceptors (Lipinski definition) is 8. The molecule has 38 heavy (non-hydrogen) atoms. The van der Waals surface area contributed by atoms with Crippen molar-refractivity contribution in [3.8, 4) is 27.7 Å². The molecule has 194 valence electrons. The van der Waals surface area contributed by atoms with E-state index in [0.29, 0.717) is 40.8 Å². The summed E-state index contributed by atoms with van der Waals surface area (Å²) in [5.41, 5.74) is 10.7. The van der Waals surface area contributed by atoms with Crippen LogP contribution in [0.15, 0.2) is 76.5 Å². The Hall–Kier alpha value is -4.63. The van der Waals surface area contributed by atoms with Gasteiger partial charge in [-0.25, -0.2) is 0 Å². The van der Waals surface area contributed by atoms with Gasteiger partial charge in [0.15, 0.2) is 17.3 Å². The smallest absolute Gasteiger partial charge is 0.291 e. The predicted octanol–water partition coefficient (Wildman–Crippen LogP) is 6.63. The van der Waals surface area contributed by atoms with Crippen LogP contribution in [-0.4, -0.2) is 27.2 Å². The number of fused-ring (bicyclic) bond motifs is 1. The van der Waals surface area contributed by atoms with Crippen LogP contribution >= 0.6 is 11.3 Å². The number of carbonyl (C=O) groups excluding carboxylic acids is 1. The lowest BCUT2D eigenvalue weighted by molar-refractivity contribution is 0.0998. The quantitative estimate of drug-likeness (QED) is 0.184. The number of methoxy groups -OCH3 is 3. The van der Waals surface area contributed by atoms with Gasteiger partial charge in [-0.3, -0.25) is 4.79 Å². The molecule has 1 amide bonds. The second kappa shape index (κ2) is 10.8. The van der Waals surface area contributed by atoms with Gasteiger partial charge in [0, 0.05) is 34.6 Å². The number of hydrogen-bond donors (Lipinski definition) is 3. The van der Waals surface area contributed by atoms with Gasteiger partial charge in [0.2, 0.25) is 5.75 Å². The lowest BCUT2D eigenvalue weighted by atomic mass is 10.1. The van der Waals surface area contributed by atoms with Crippen molar-refractivity contribution in [2.45, 2.75) is 6.54 Å². The minimum atomic E-state index is -0.367. The van der Waals surface area contributed by atoms with Crippen LogP contribution in [0.5, 0.6) is 17.2 Å². The number of ether oxygens (including phenoxy) is 3. The zero-order chi connectivity index (χ0) is 26.6. The summed E-state index contributed by atoms with van der Waals surface area (Å²) in [5, 5.41) is 9.05. The topological polar surface area (TPSA) is 108 Å². The van der Waals surface area contributed by atoms with E-state index < -0.39 is 0 Å². The van der Waals surface area contributed by atoms with E-state index in [0.717, 1.165) is 27.1 Å². The molecular formula is C29H27N3O5S. The summed E-state index contributed by atoms with van der Waals surface area (Å²) >= 11 is 1.63. The molecule has 0 radical (unpaired) electrons. The maximum absolute atomic E-state index is 12.9. The second-order valence-corrected chi connectivity index (χ2v) is 9.43. The number of nitrogens with two attached hydrogens (primary N) is 1. The van der Waals surface area contributed by atoms with Crippen LogP contribution in [0.1, 0.15) is 16.1 Å². The van der Waals surface area contributed by atoms with E-state index in [-0.39, 0.29) is 11.7 Å². The van der Waals surface area contributed by atoms with E-state index in [2.05, 4.69) is 10.6 Å². The Balaban J connectivity index is 1.29. The third-order valence-corrected chi connectivity index (χ3v) is 6.99. The third-order valence-electron chi connectivity index (χ3n) is 6.07. The Bertz CT molecular complexity index is 1570. The molecule has 5 aromatic rings. The van der Waals surface area contributed by atoms with Crippen LogP contribution in [0.25, 0.3) is 21.4 Å². The molecule has 0 aliphatic carbocycles. The van der Waals surface area contributed by atoms with Crippen molar-refractivity contribution in [2.24, 2.45) is 0 Å². The van der Waals surface area contributed by atoms with Crippen molar-refractivity contribution >= 4 is 45.3 Å². The average Bonchev–Trinajstić information content (AvgIpc) is 3.62. The number of furan rings is 1. The summed E-state index contributed by atoms with van der Waals surface area (Å²) < 4.78 is 22.0. The van der Waals surface area contributed by atoms with Gasteiger partial charge in [0.05, 0.1) is 32.7 Å². The number of rotatable bonds is 9. The highest BCUT2D eigenvalue weighted by atomic mass is 32.1. The van der Waals surface area contributed by atoms with E-state index in [1.54, 1.807) is 44.8 Å². The molecule has 9 heteroatoms. The van der Waals surface area contributed by atoms with Gasteiger partial charge >= 0.3 is 0 Å². The Kier molecular flexibility index (Phi) is 7.10. The largest absolute Gasteiger partial charge is 0.493 e. The second-order valence-electron chi connectivity index (χ2n) is 8.48. The molecule has 0 atom stereocenters. The molecule has 0 spiro atoms. The first kappa shape index (κ1) is 25.0. The SMILES string of the molecule is COc1cc(NCc2ccc3oc(C(=O)Nc4ccc(-c5cccs5)cc4N)cc3c2)cc(OC)c1OC. The standard InChI is InChI=1S/C29H27N3O5S/c1-34-24-14-20(15-25(35-2)28(24)36-3)31-16-17-6-9-23-19(11-17)13-26(37-23)29(33)32-22-8-7-18(12-21(22)30)27-5-4-10-38-27/h4-15,31H,16,30H2,1-3H3,(H,32,33). The summed E-state index contributed by atoms with van der Waals surface area (Å²) in [6, 6.07) is 20.8. The molecule has 2 aromatic heterocycles. The number of benzene rings is 3. The van der Waals surface area contributed by atoms with Gasteiger partial charge in [0.25, 0.3) is 5.91 Å². The molecule has 4 N–H and O–H groups in total. The number of thiophene rings is 1. The molecule has 2 heterocycles. The number of carbonyl (C=O) groups is 1. The Morgan fingerprint density at radius 3 is 2.39 bits per heavy atom. The first-order valence-corrected chi connectivity index (χ1v) is 12.7. The molecule has 3 aromatic carbocycles. The lowest BCUT2D eigenvalue weighted by Gasteiger charge is -2.15. The van der Waals surface area contributed by atoms with Crippen molar-refractivity contribution in [1.82, 2.24) is 0 Å². The molecule has 0 fully saturated rings. The van der Waals surface area contributed by atoms with Crippen LogP contribution in [0.3, 0.4) is 0 Å². The van der Waals surface area contributed by atoms with E-state index in [1.165, 1.54) is 0 Å². The van der Waals surface area contributed by atoms with Crippen molar-refractivity contribution in [2.75, 3.05) is 37.7 Å². The van der Waals surface area contributed by atoms with Crippen molar-refractivity contribution in [3.63, 3.8) is 0 Å². The van der Waals surface area contributed by atoms with Gasteiger partial charge in [-0.15, -0.1) is 11.3 Å². The fraction of sp³-hybridized carbons (Fsp3) is 0.138. The van der Waals surface area contributed by atoms with Crippen LogP contribution < -0.4 is 30.6 Å². The summed E-state index contributed by atoms with van der Waals surface area (Å²) in [6.45, 7) is 0.536. The number of anilines is 3. The minimum absolute atomic E-state index is 0.205. The summed E-state index contributed by atoms with van der Waals surface area (Å²) in [5.74, 6) is 1.51. The first-order chi connectivity index (χ1) is 18.5. The number of nitrogen functional groups attached to an aromatic ring is 1. The fourth-order valence-electron chi connectivity index (χ4n) is 4.16. The molecule has 0 aliphatic rings. The van der Waals surface area contributed by atoms with E-state index >= 15 is 0 Å². The van der Waals surface area contributed by atoms with Crippen LogP contribution in [0.4, 0.5) is 17.1 Å². The summed E-state index contributed by atoms with van der Waals surface area (Å²) in [7, 11) is 4.73. The third kappa shape index (κ3) is 5.09. The van der Waals surface area contributed by atoms with Crippen LogP contribution in [-0.2, 0) is 6.54 Å². The van der Waals surface area contributed by atoms with Crippen LogP contribution in [0, 0.1) is 0 Å². The van der Waals surface area contributed by atoms with Crippen LogP contribution in [0.2, 0.25) is 0 Å². The number of nitrogens with one attached hydrogen (secondary N) is 2. The molecule has 5 rings (SSSR count). The van der Waals surface area contributed by atoms with Crippen molar-refractivity contribution in [3.05, 3.63) is 83.4 Å². The average molecular weight is 530 g/mol. The Morgan fingerprint density at radius 2 is 1.74 bits per heavy atom. The maximum atomic E-state index is 12.9. The molecule has 0 aliphatic heterocycles. The van der Waals surface area contributed by atoms with Gasteiger partial charge < -0.3 is 35.0 Å². The van der Waals surface area contributed by atoms with Gasteiger partial charge in [-0.05, 0) is 52.9 Å².